The average Bonchev–Trinajstić information content (AvgIpc) is 3.48. The number of carbonyl (C=O) groups excluding carboxylic acids is 3. The third kappa shape index (κ3) is 5.00. The van der Waals surface area contributed by atoms with Crippen LogP contribution in [0.15, 0.2) is 55.6 Å². The predicted octanol–water partition coefficient (Wildman–Crippen LogP) is 4.36. The summed E-state index contributed by atoms with van der Waals surface area (Å²) in [7, 11) is 0. The summed E-state index contributed by atoms with van der Waals surface area (Å²) in [5, 5.41) is 10.8. The van der Waals surface area contributed by atoms with Crippen LogP contribution in [0.25, 0.3) is 0 Å². The Morgan fingerprint density at radius 1 is 1.14 bits per heavy atom. The van der Waals surface area contributed by atoms with Crippen LogP contribution in [0.5, 0.6) is 0 Å². The molecule has 42 heavy (non-hydrogen) atoms. The van der Waals surface area contributed by atoms with E-state index in [2.05, 4.69) is 27.0 Å². The first-order valence-electron chi connectivity index (χ1n) is 15.6. The minimum atomic E-state index is -1.19. The van der Waals surface area contributed by atoms with Gasteiger partial charge in [-0.25, -0.2) is 0 Å². The van der Waals surface area contributed by atoms with Crippen LogP contribution < -0.4 is 0 Å². The lowest BCUT2D eigenvalue weighted by atomic mass is 9.62. The Morgan fingerprint density at radius 2 is 1.81 bits per heavy atom. The molecule has 1 aromatic rings. The van der Waals surface area contributed by atoms with Gasteiger partial charge in [0.2, 0.25) is 17.7 Å². The molecule has 4 rings (SSSR count). The van der Waals surface area contributed by atoms with Crippen LogP contribution in [0, 0.1) is 17.8 Å². The summed E-state index contributed by atoms with van der Waals surface area (Å²) >= 11 is 0. The van der Waals surface area contributed by atoms with E-state index in [1.807, 2.05) is 51.1 Å². The Kier molecular flexibility index (Phi) is 9.68. The van der Waals surface area contributed by atoms with Gasteiger partial charge in [0.15, 0.2) is 0 Å². The number of ether oxygens (including phenoxy) is 1. The van der Waals surface area contributed by atoms with E-state index in [0.717, 1.165) is 24.8 Å². The lowest BCUT2D eigenvalue weighted by molar-refractivity contribution is -0.158. The molecule has 4 unspecified atom stereocenters. The van der Waals surface area contributed by atoms with Crippen LogP contribution in [0.4, 0.5) is 0 Å². The van der Waals surface area contributed by atoms with Crippen molar-refractivity contribution in [2.45, 2.75) is 89.6 Å². The highest BCUT2D eigenvalue weighted by atomic mass is 16.5. The first kappa shape index (κ1) is 32.0. The monoisotopic (exact) mass is 579 g/mol. The SMILES string of the molecule is C=CCN(CCC)C(=O)[C@@H]1[C@H]2C(=O)N([C@H](CO)c3ccccc3)C(C(=O)N(CC=C)C(C)CCC)C23CC(C)[C@@]1(C)O3. The summed E-state index contributed by atoms with van der Waals surface area (Å²) in [6, 6.07) is 7.47. The molecule has 8 heteroatoms. The smallest absolute Gasteiger partial charge is 0.248 e. The molecule has 0 aliphatic carbocycles. The standard InChI is InChI=1S/C34H49N3O5/c1-8-15-24(6)36(20-11-4)32(41)29-34-21-23(5)33(7,42-34)27(30(39)35(18-9-2)19-10-3)28(34)31(40)37(29)26(22-38)25-16-13-12-14-17-25/h9,11-14,16-17,23-24,26-29,38H,2,4,8,10,15,18-22H2,1,3,5-7H3/t23?,24?,26-,27+,28+,29?,33-,34?/m1/s1. The highest BCUT2D eigenvalue weighted by Crippen LogP contribution is 2.66. The molecule has 1 N–H and O–H groups in total. The Labute approximate surface area is 251 Å². The number of likely N-dealkylation sites (tertiary alicyclic amines) is 1. The van der Waals surface area contributed by atoms with Gasteiger partial charge in [0.05, 0.1) is 30.1 Å². The van der Waals surface area contributed by atoms with Crippen LogP contribution in [-0.2, 0) is 19.1 Å². The highest BCUT2D eigenvalue weighted by Gasteiger charge is 2.80. The van der Waals surface area contributed by atoms with Gasteiger partial charge in [-0.2, -0.15) is 0 Å². The molecule has 230 valence electrons. The van der Waals surface area contributed by atoms with E-state index in [1.165, 1.54) is 0 Å². The van der Waals surface area contributed by atoms with E-state index in [9.17, 15) is 19.5 Å². The van der Waals surface area contributed by atoms with Gasteiger partial charge in [0.1, 0.15) is 11.6 Å². The Bertz CT molecular complexity index is 1170. The maximum atomic E-state index is 14.8. The van der Waals surface area contributed by atoms with Crippen molar-refractivity contribution in [1.29, 1.82) is 0 Å². The maximum absolute atomic E-state index is 14.8. The molecule has 3 amide bonds. The summed E-state index contributed by atoms with van der Waals surface area (Å²) in [5.41, 5.74) is -1.37. The first-order valence-corrected chi connectivity index (χ1v) is 15.6. The fourth-order valence-electron chi connectivity index (χ4n) is 7.97. The molecule has 1 spiro atoms. The second kappa shape index (κ2) is 12.7. The fraction of sp³-hybridized carbons (Fsp3) is 0.618. The van der Waals surface area contributed by atoms with Crippen LogP contribution in [-0.4, -0.2) is 87.1 Å². The summed E-state index contributed by atoms with van der Waals surface area (Å²) in [6.07, 6.45) is 6.35. The number of aliphatic hydroxyl groups excluding tert-OH is 1. The van der Waals surface area contributed by atoms with Crippen molar-refractivity contribution in [2.24, 2.45) is 17.8 Å². The van der Waals surface area contributed by atoms with Crippen molar-refractivity contribution >= 4 is 17.7 Å². The second-order valence-corrected chi connectivity index (χ2v) is 12.5. The van der Waals surface area contributed by atoms with E-state index in [4.69, 9.17) is 4.74 Å². The Morgan fingerprint density at radius 3 is 2.38 bits per heavy atom. The first-order chi connectivity index (χ1) is 20.1. The van der Waals surface area contributed by atoms with Crippen LogP contribution in [0.1, 0.15) is 71.9 Å². The summed E-state index contributed by atoms with van der Waals surface area (Å²) < 4.78 is 6.97. The van der Waals surface area contributed by atoms with Crippen molar-refractivity contribution in [3.63, 3.8) is 0 Å². The number of fused-ring (bicyclic) bond motifs is 1. The number of hydrogen-bond acceptors (Lipinski definition) is 5. The van der Waals surface area contributed by atoms with Gasteiger partial charge in [-0.05, 0) is 44.6 Å². The van der Waals surface area contributed by atoms with Gasteiger partial charge in [0, 0.05) is 25.7 Å². The van der Waals surface area contributed by atoms with Crippen molar-refractivity contribution < 1.29 is 24.2 Å². The van der Waals surface area contributed by atoms with Gasteiger partial charge >= 0.3 is 0 Å². The van der Waals surface area contributed by atoms with Crippen molar-refractivity contribution in [2.75, 3.05) is 26.2 Å². The maximum Gasteiger partial charge on any atom is 0.248 e. The van der Waals surface area contributed by atoms with Crippen molar-refractivity contribution in [3.8, 4) is 0 Å². The minimum absolute atomic E-state index is 0.0665. The molecule has 3 fully saturated rings. The number of amides is 3. The third-order valence-electron chi connectivity index (χ3n) is 9.95. The number of carbonyl (C=O) groups is 3. The highest BCUT2D eigenvalue weighted by molar-refractivity contribution is 5.99. The van der Waals surface area contributed by atoms with Crippen LogP contribution in [0.3, 0.4) is 0 Å². The van der Waals surface area contributed by atoms with Crippen molar-refractivity contribution in [3.05, 3.63) is 61.2 Å². The Hall–Kier alpha value is -2.97. The number of hydrogen-bond donors (Lipinski definition) is 1. The molecule has 2 bridgehead atoms. The van der Waals surface area contributed by atoms with Gasteiger partial charge in [-0.15, -0.1) is 13.2 Å². The lowest BCUT2D eigenvalue weighted by Gasteiger charge is -2.41. The van der Waals surface area contributed by atoms with Crippen molar-refractivity contribution in [1.82, 2.24) is 14.7 Å². The molecule has 0 radical (unpaired) electrons. The molecule has 3 saturated heterocycles. The normalized spacial score (nSPS) is 31.0. The molecular weight excluding hydrogens is 530 g/mol. The lowest BCUT2D eigenvalue weighted by Crippen LogP contribution is -2.58. The largest absolute Gasteiger partial charge is 0.394 e. The molecule has 0 aromatic heterocycles. The number of rotatable bonds is 14. The zero-order valence-electron chi connectivity index (χ0n) is 26.0. The van der Waals surface area contributed by atoms with E-state index >= 15 is 0 Å². The summed E-state index contributed by atoms with van der Waals surface area (Å²) in [6.45, 7) is 18.7. The van der Waals surface area contributed by atoms with E-state index in [1.54, 1.807) is 26.9 Å². The van der Waals surface area contributed by atoms with E-state index in [0.29, 0.717) is 26.1 Å². The molecule has 8 atom stereocenters. The van der Waals surface area contributed by atoms with Gasteiger partial charge < -0.3 is 24.5 Å². The predicted molar refractivity (Wildman–Crippen MR) is 163 cm³/mol. The van der Waals surface area contributed by atoms with Crippen LogP contribution in [0.2, 0.25) is 0 Å². The zero-order valence-corrected chi connectivity index (χ0v) is 26.0. The average molecular weight is 580 g/mol. The third-order valence-corrected chi connectivity index (χ3v) is 9.95. The minimum Gasteiger partial charge on any atom is -0.394 e. The second-order valence-electron chi connectivity index (χ2n) is 12.5. The van der Waals surface area contributed by atoms with E-state index < -0.39 is 35.1 Å². The summed E-state index contributed by atoms with van der Waals surface area (Å²) in [4.78, 5) is 49.1. The topological polar surface area (TPSA) is 90.4 Å². The summed E-state index contributed by atoms with van der Waals surface area (Å²) in [5.74, 6) is -2.32. The molecule has 8 nitrogen and oxygen atoms in total. The van der Waals surface area contributed by atoms with Gasteiger partial charge in [0.25, 0.3) is 0 Å². The van der Waals surface area contributed by atoms with Gasteiger partial charge in [-0.1, -0.05) is 69.7 Å². The number of aliphatic hydroxyl groups is 1. The molecule has 0 saturated carbocycles. The number of benzene rings is 1. The van der Waals surface area contributed by atoms with Gasteiger partial charge in [-0.3, -0.25) is 14.4 Å². The fourth-order valence-corrected chi connectivity index (χ4v) is 7.97. The molecule has 3 heterocycles. The Balaban J connectivity index is 1.91. The van der Waals surface area contributed by atoms with E-state index in [-0.39, 0.29) is 36.3 Å². The molecule has 3 aliphatic heterocycles. The molecule has 3 aliphatic rings. The molecule has 1 aromatic carbocycles. The number of nitrogens with zero attached hydrogens (tertiary/aromatic N) is 3. The quantitative estimate of drug-likeness (QED) is 0.331. The van der Waals surface area contributed by atoms with Crippen LogP contribution >= 0.6 is 0 Å². The molecular formula is C34H49N3O5. The zero-order chi connectivity index (χ0) is 30.8.